The first kappa shape index (κ1) is 14.4. The Morgan fingerprint density at radius 3 is 2.75 bits per heavy atom. The van der Waals surface area contributed by atoms with Crippen molar-refractivity contribution in [3.05, 3.63) is 23.5 Å². The number of aldehydes is 1. The Morgan fingerprint density at radius 1 is 1.50 bits per heavy atom. The summed E-state index contributed by atoms with van der Waals surface area (Å²) in [6.45, 7) is 2.39. The predicted octanol–water partition coefficient (Wildman–Crippen LogP) is 3.16. The average molecular weight is 228 g/mol. The van der Waals surface area contributed by atoms with Gasteiger partial charge in [0, 0.05) is 0 Å². The van der Waals surface area contributed by atoms with Crippen LogP contribution < -0.4 is 4.74 Å². The van der Waals surface area contributed by atoms with Crippen LogP contribution in [0.15, 0.2) is 12.1 Å². The average Bonchev–Trinajstić information content (AvgIpc) is 2.25. The van der Waals surface area contributed by atoms with Crippen molar-refractivity contribution < 1.29 is 19.0 Å². The minimum Gasteiger partial charge on any atom is -0.504 e. The van der Waals surface area contributed by atoms with Gasteiger partial charge in [0.15, 0.2) is 17.8 Å². The zero-order chi connectivity index (χ0) is 11.3. The van der Waals surface area contributed by atoms with Crippen LogP contribution in [0.25, 0.3) is 0 Å². The van der Waals surface area contributed by atoms with E-state index in [4.69, 9.17) is 4.74 Å². The Balaban J connectivity index is 0.00000225. The first-order valence-electron chi connectivity index (χ1n) is 4.80. The van der Waals surface area contributed by atoms with E-state index in [1.54, 1.807) is 0 Å². The van der Waals surface area contributed by atoms with Crippen molar-refractivity contribution in [2.24, 2.45) is 0 Å². The summed E-state index contributed by atoms with van der Waals surface area (Å²) in [6, 6.07) is 2.67. The van der Waals surface area contributed by atoms with Crippen LogP contribution in [-0.4, -0.2) is 18.0 Å². The molecule has 0 aliphatic carbocycles. The van der Waals surface area contributed by atoms with Crippen molar-refractivity contribution >= 4 is 6.29 Å². The predicted molar refractivity (Wildman–Crippen MR) is 60.6 cm³/mol. The summed E-state index contributed by atoms with van der Waals surface area (Å²) in [5.41, 5.74) is -0.0738. The second kappa shape index (κ2) is 6.82. The number of halogens is 1. The molecule has 1 aromatic carbocycles. The molecule has 3 nitrogen and oxygen atoms in total. The van der Waals surface area contributed by atoms with Crippen LogP contribution >= 0.6 is 0 Å². The van der Waals surface area contributed by atoms with E-state index in [9.17, 15) is 14.3 Å². The largest absolute Gasteiger partial charge is 0.504 e. The van der Waals surface area contributed by atoms with E-state index in [1.807, 2.05) is 6.92 Å². The highest BCUT2D eigenvalue weighted by molar-refractivity contribution is 5.79. The minimum atomic E-state index is -0.879. The topological polar surface area (TPSA) is 46.5 Å². The highest BCUT2D eigenvalue weighted by atomic mass is 19.1. The fraction of sp³-hybridized carbons (Fsp3) is 0.417. The molecule has 0 saturated heterocycles. The van der Waals surface area contributed by atoms with Gasteiger partial charge in [-0.05, 0) is 18.6 Å². The molecule has 16 heavy (non-hydrogen) atoms. The summed E-state index contributed by atoms with van der Waals surface area (Å²) in [5.74, 6) is -1.55. The Morgan fingerprint density at radius 2 is 2.19 bits per heavy atom. The monoisotopic (exact) mass is 228 g/mol. The van der Waals surface area contributed by atoms with E-state index in [0.29, 0.717) is 12.9 Å². The maximum atomic E-state index is 13.3. The zero-order valence-electron chi connectivity index (χ0n) is 8.50. The van der Waals surface area contributed by atoms with E-state index in [2.05, 4.69) is 0 Å². The molecule has 4 heteroatoms. The van der Waals surface area contributed by atoms with Gasteiger partial charge < -0.3 is 9.84 Å². The van der Waals surface area contributed by atoms with Crippen LogP contribution in [0.2, 0.25) is 0 Å². The molecular formula is C12H17FO3. The number of aromatic hydroxyl groups is 1. The highest BCUT2D eigenvalue weighted by Gasteiger charge is 2.12. The molecule has 0 atom stereocenters. The molecule has 90 valence electrons. The van der Waals surface area contributed by atoms with Gasteiger partial charge in [-0.15, -0.1) is 0 Å². The summed E-state index contributed by atoms with van der Waals surface area (Å²) >= 11 is 0. The molecule has 0 aliphatic rings. The van der Waals surface area contributed by atoms with Gasteiger partial charge in [-0.2, -0.15) is 4.39 Å². The molecule has 0 bridgehead atoms. The lowest BCUT2D eigenvalue weighted by molar-refractivity contribution is 0.112. The van der Waals surface area contributed by atoms with Gasteiger partial charge in [0.1, 0.15) is 0 Å². The molecule has 0 heterocycles. The third-order valence-electron chi connectivity index (χ3n) is 1.99. The number of ether oxygens (including phenoxy) is 1. The van der Waals surface area contributed by atoms with Crippen LogP contribution in [0.5, 0.6) is 11.5 Å². The number of hydrogen-bond acceptors (Lipinski definition) is 3. The number of hydrogen-bond donors (Lipinski definition) is 1. The highest BCUT2D eigenvalue weighted by Crippen LogP contribution is 2.28. The molecule has 0 radical (unpaired) electrons. The van der Waals surface area contributed by atoms with Crippen molar-refractivity contribution in [2.45, 2.75) is 27.2 Å². The quantitative estimate of drug-likeness (QED) is 0.622. The van der Waals surface area contributed by atoms with E-state index >= 15 is 0 Å². The van der Waals surface area contributed by atoms with Gasteiger partial charge in [-0.25, -0.2) is 0 Å². The van der Waals surface area contributed by atoms with Crippen molar-refractivity contribution in [2.75, 3.05) is 6.61 Å². The van der Waals surface area contributed by atoms with Gasteiger partial charge >= 0.3 is 0 Å². The second-order valence-corrected chi connectivity index (χ2v) is 3.14. The maximum absolute atomic E-state index is 13.3. The molecule has 0 spiro atoms. The second-order valence-electron chi connectivity index (χ2n) is 3.14. The van der Waals surface area contributed by atoms with Crippen molar-refractivity contribution in [1.82, 2.24) is 0 Å². The van der Waals surface area contributed by atoms with E-state index in [0.717, 1.165) is 12.8 Å². The third-order valence-corrected chi connectivity index (χ3v) is 1.99. The number of benzene rings is 1. The summed E-state index contributed by atoms with van der Waals surface area (Å²) in [4.78, 5) is 10.4. The Bertz CT molecular complexity index is 350. The molecule has 0 aliphatic heterocycles. The van der Waals surface area contributed by atoms with Crippen LogP contribution in [0.1, 0.15) is 37.6 Å². The molecule has 0 fully saturated rings. The third kappa shape index (κ3) is 3.22. The molecule has 1 aromatic rings. The fourth-order valence-corrected chi connectivity index (χ4v) is 1.09. The smallest absolute Gasteiger partial charge is 0.207 e. The van der Waals surface area contributed by atoms with E-state index < -0.39 is 11.6 Å². The molecule has 0 amide bonds. The molecule has 1 N–H and O–H groups in total. The molecule has 0 aromatic heterocycles. The molecule has 0 saturated carbocycles. The van der Waals surface area contributed by atoms with Crippen LogP contribution in [-0.2, 0) is 0 Å². The lowest BCUT2D eigenvalue weighted by Crippen LogP contribution is -1.99. The molecular weight excluding hydrogens is 211 g/mol. The first-order valence-corrected chi connectivity index (χ1v) is 4.80. The summed E-state index contributed by atoms with van der Waals surface area (Å²) < 4.78 is 18.4. The first-order chi connectivity index (χ1) is 7.20. The van der Waals surface area contributed by atoms with Gasteiger partial charge in [-0.3, -0.25) is 4.79 Å². The number of carbonyl (C=O) groups is 1. The SMILES string of the molecule is C.CCCCOc1ccc(C=O)c(O)c1F. The summed E-state index contributed by atoms with van der Waals surface area (Å²) in [7, 11) is 0. The van der Waals surface area contributed by atoms with E-state index in [1.165, 1.54) is 12.1 Å². The molecule has 1 rings (SSSR count). The van der Waals surface area contributed by atoms with Crippen molar-refractivity contribution in [1.29, 1.82) is 0 Å². The number of rotatable bonds is 5. The number of unbranched alkanes of at least 4 members (excludes halogenated alkanes) is 1. The minimum absolute atomic E-state index is 0. The maximum Gasteiger partial charge on any atom is 0.207 e. The van der Waals surface area contributed by atoms with Crippen molar-refractivity contribution in [3.8, 4) is 11.5 Å². The lowest BCUT2D eigenvalue weighted by atomic mass is 10.2. The summed E-state index contributed by atoms with van der Waals surface area (Å²) in [6.07, 6.45) is 2.16. The standard InChI is InChI=1S/C11H13FO3.CH4/c1-2-3-6-15-9-5-4-8(7-13)11(14)10(9)12;/h4-5,7,14H,2-3,6H2,1H3;1H4. The van der Waals surface area contributed by atoms with Gasteiger partial charge in [-0.1, -0.05) is 20.8 Å². The van der Waals surface area contributed by atoms with Gasteiger partial charge in [0.2, 0.25) is 5.82 Å². The fourth-order valence-electron chi connectivity index (χ4n) is 1.09. The summed E-state index contributed by atoms with van der Waals surface area (Å²) in [5, 5.41) is 9.25. The van der Waals surface area contributed by atoms with Crippen LogP contribution in [0.3, 0.4) is 0 Å². The van der Waals surface area contributed by atoms with E-state index in [-0.39, 0.29) is 18.7 Å². The van der Waals surface area contributed by atoms with Crippen LogP contribution in [0, 0.1) is 5.82 Å². The Labute approximate surface area is 94.9 Å². The van der Waals surface area contributed by atoms with Crippen LogP contribution in [0.4, 0.5) is 4.39 Å². The number of carbonyl (C=O) groups excluding carboxylic acids is 1. The Kier molecular flexibility index (Phi) is 6.15. The normalized spacial score (nSPS) is 9.38. The number of phenolic OH excluding ortho intramolecular Hbond substituents is 1. The van der Waals surface area contributed by atoms with Gasteiger partial charge in [0.05, 0.1) is 12.2 Å². The number of phenols is 1. The van der Waals surface area contributed by atoms with Crippen molar-refractivity contribution in [3.63, 3.8) is 0 Å². The zero-order valence-corrected chi connectivity index (χ0v) is 8.50. The molecule has 0 unspecified atom stereocenters. The van der Waals surface area contributed by atoms with Gasteiger partial charge in [0.25, 0.3) is 0 Å². The lowest BCUT2D eigenvalue weighted by Gasteiger charge is -2.08. The Hall–Kier alpha value is -1.58.